The van der Waals surface area contributed by atoms with Gasteiger partial charge in [-0.1, -0.05) is 29.3 Å². The number of methoxy groups -OCH3 is 1. The van der Waals surface area contributed by atoms with Crippen LogP contribution in [-0.2, 0) is 16.2 Å². The van der Waals surface area contributed by atoms with Crippen LogP contribution in [0.4, 0.5) is 13.2 Å². The van der Waals surface area contributed by atoms with Gasteiger partial charge in [0.25, 0.3) is 10.0 Å². The molecule has 2 aromatic carbocycles. The summed E-state index contributed by atoms with van der Waals surface area (Å²) in [6.45, 7) is 1.81. The zero-order valence-electron chi connectivity index (χ0n) is 16.8. The summed E-state index contributed by atoms with van der Waals surface area (Å²) in [7, 11) is -2.59. The van der Waals surface area contributed by atoms with Gasteiger partial charge in [0.2, 0.25) is 0 Å². The lowest BCUT2D eigenvalue weighted by Gasteiger charge is -2.12. The molecule has 0 unspecified atom stereocenters. The number of nitrogens with zero attached hydrogens (tertiary/aromatic N) is 2. The Bertz CT molecular complexity index is 1240. The van der Waals surface area contributed by atoms with Crippen LogP contribution < -0.4 is 9.57 Å². The predicted octanol–water partition coefficient (Wildman–Crippen LogP) is 4.80. The van der Waals surface area contributed by atoms with E-state index in [1.165, 1.54) is 19.2 Å². The van der Waals surface area contributed by atoms with Gasteiger partial charge >= 0.3 is 6.18 Å². The van der Waals surface area contributed by atoms with E-state index in [1.54, 1.807) is 36.4 Å². The van der Waals surface area contributed by atoms with Crippen LogP contribution in [0.2, 0.25) is 5.02 Å². The summed E-state index contributed by atoms with van der Waals surface area (Å²) in [5, 5.41) is 3.61. The molecule has 0 spiro atoms. The van der Waals surface area contributed by atoms with Gasteiger partial charge in [0.15, 0.2) is 0 Å². The van der Waals surface area contributed by atoms with E-state index in [0.717, 1.165) is 5.56 Å². The second-order valence-electron chi connectivity index (χ2n) is 6.65. The fraction of sp³-hybridized carbons (Fsp3) is 0.143. The molecule has 0 amide bonds. The lowest BCUT2D eigenvalue weighted by atomic mass is 10.1. The monoisotopic (exact) mass is 483 g/mol. The van der Waals surface area contributed by atoms with Crippen molar-refractivity contribution in [2.24, 2.45) is 5.10 Å². The number of aromatic nitrogens is 1. The lowest BCUT2D eigenvalue weighted by molar-refractivity contribution is -0.137. The second kappa shape index (κ2) is 9.17. The van der Waals surface area contributed by atoms with Crippen LogP contribution in [0.3, 0.4) is 0 Å². The normalized spacial score (nSPS) is 12.5. The van der Waals surface area contributed by atoms with Crippen LogP contribution >= 0.6 is 11.6 Å². The van der Waals surface area contributed by atoms with E-state index in [9.17, 15) is 21.6 Å². The first-order valence-corrected chi connectivity index (χ1v) is 10.9. The van der Waals surface area contributed by atoms with E-state index in [1.807, 2.05) is 6.92 Å². The number of benzene rings is 2. The van der Waals surface area contributed by atoms with Gasteiger partial charge in [0, 0.05) is 11.8 Å². The van der Waals surface area contributed by atoms with E-state index < -0.39 is 21.8 Å². The third kappa shape index (κ3) is 5.38. The number of aryl methyl sites for hydroxylation is 1. The Morgan fingerprint density at radius 1 is 1.09 bits per heavy atom. The standard InChI is InChI=1S/C21H17ClF3N3O3S/c1-13-3-9-17(10-4-13)32(29,30)28-27-19(14-5-7-16(31-2)8-6-14)20-18(22)11-15(12-26-20)21(23,24)25/h3-12,28H,1-2H3/b27-19-. The number of halogens is 4. The highest BCUT2D eigenvalue weighted by molar-refractivity contribution is 7.89. The molecule has 6 nitrogen and oxygen atoms in total. The molecule has 1 N–H and O–H groups in total. The molecule has 168 valence electrons. The average molecular weight is 484 g/mol. The topological polar surface area (TPSA) is 80.6 Å². The van der Waals surface area contributed by atoms with Gasteiger partial charge in [-0.25, -0.2) is 0 Å². The van der Waals surface area contributed by atoms with Crippen molar-refractivity contribution in [2.75, 3.05) is 7.11 Å². The Hall–Kier alpha value is -3.11. The van der Waals surface area contributed by atoms with Crippen LogP contribution in [0.5, 0.6) is 5.75 Å². The highest BCUT2D eigenvalue weighted by Crippen LogP contribution is 2.31. The lowest BCUT2D eigenvalue weighted by Crippen LogP contribution is -2.22. The van der Waals surface area contributed by atoms with Crippen LogP contribution in [-0.4, -0.2) is 26.2 Å². The molecule has 32 heavy (non-hydrogen) atoms. The zero-order chi connectivity index (χ0) is 23.5. The molecule has 3 aromatic rings. The number of hydrogen-bond donors (Lipinski definition) is 1. The van der Waals surface area contributed by atoms with E-state index in [2.05, 4.69) is 14.9 Å². The molecule has 11 heteroatoms. The van der Waals surface area contributed by atoms with Gasteiger partial charge in [-0.2, -0.15) is 31.5 Å². The minimum atomic E-state index is -4.64. The molecule has 0 fully saturated rings. The smallest absolute Gasteiger partial charge is 0.417 e. The molecule has 0 aliphatic rings. The van der Waals surface area contributed by atoms with Crippen molar-refractivity contribution in [3.05, 3.63) is 88.2 Å². The van der Waals surface area contributed by atoms with Gasteiger partial charge in [0.05, 0.1) is 22.6 Å². The summed E-state index contributed by atoms with van der Waals surface area (Å²) >= 11 is 6.08. The van der Waals surface area contributed by atoms with Crippen molar-refractivity contribution in [1.29, 1.82) is 0 Å². The van der Waals surface area contributed by atoms with Gasteiger partial charge in [-0.05, 0) is 49.4 Å². The van der Waals surface area contributed by atoms with Gasteiger partial charge < -0.3 is 4.74 Å². The minimum Gasteiger partial charge on any atom is -0.497 e. The summed E-state index contributed by atoms with van der Waals surface area (Å²) < 4.78 is 69.4. The van der Waals surface area contributed by atoms with Crippen LogP contribution in [0.15, 0.2) is 70.8 Å². The highest BCUT2D eigenvalue weighted by atomic mass is 35.5. The SMILES string of the molecule is COc1ccc(/C(=N/NS(=O)(=O)c2ccc(C)cc2)c2ncc(C(F)(F)F)cc2Cl)cc1. The molecule has 0 saturated heterocycles. The highest BCUT2D eigenvalue weighted by Gasteiger charge is 2.32. The Morgan fingerprint density at radius 2 is 1.72 bits per heavy atom. The minimum absolute atomic E-state index is 0.0348. The maximum atomic E-state index is 13.0. The van der Waals surface area contributed by atoms with Gasteiger partial charge in [-0.3, -0.25) is 4.98 Å². The number of sulfonamides is 1. The molecule has 0 bridgehead atoms. The van der Waals surface area contributed by atoms with Crippen molar-refractivity contribution in [2.45, 2.75) is 18.0 Å². The first kappa shape index (κ1) is 23.6. The number of nitrogens with one attached hydrogen (secondary N) is 1. The van der Waals surface area contributed by atoms with Crippen molar-refractivity contribution >= 4 is 27.3 Å². The maximum Gasteiger partial charge on any atom is 0.417 e. The number of hydrazone groups is 1. The van der Waals surface area contributed by atoms with Crippen molar-refractivity contribution in [3.63, 3.8) is 0 Å². The molecule has 3 rings (SSSR count). The summed E-state index contributed by atoms with van der Waals surface area (Å²) in [6.07, 6.45) is -4.03. The molecule has 0 atom stereocenters. The van der Waals surface area contributed by atoms with Crippen molar-refractivity contribution in [3.8, 4) is 5.75 Å². The Balaban J connectivity index is 2.07. The third-order valence-electron chi connectivity index (χ3n) is 4.37. The number of ether oxygens (including phenoxy) is 1. The quantitative estimate of drug-likeness (QED) is 0.403. The van der Waals surface area contributed by atoms with Crippen LogP contribution in [0.1, 0.15) is 22.4 Å². The fourth-order valence-corrected chi connectivity index (χ4v) is 3.71. The first-order chi connectivity index (χ1) is 15.0. The predicted molar refractivity (Wildman–Crippen MR) is 114 cm³/mol. The van der Waals surface area contributed by atoms with Crippen LogP contribution in [0, 0.1) is 6.92 Å². The van der Waals surface area contributed by atoms with Gasteiger partial charge in [0.1, 0.15) is 17.2 Å². The molecule has 1 aromatic heterocycles. The van der Waals surface area contributed by atoms with Crippen LogP contribution in [0.25, 0.3) is 0 Å². The second-order valence-corrected chi connectivity index (χ2v) is 8.72. The first-order valence-electron chi connectivity index (χ1n) is 9.05. The summed E-state index contributed by atoms with van der Waals surface area (Å²) in [6, 6.07) is 13.0. The Kier molecular flexibility index (Phi) is 6.75. The third-order valence-corrected chi connectivity index (χ3v) is 5.88. The van der Waals surface area contributed by atoms with Gasteiger partial charge in [-0.15, -0.1) is 0 Å². The number of hydrogen-bond acceptors (Lipinski definition) is 5. The molecule has 0 saturated carbocycles. The van der Waals surface area contributed by atoms with E-state index in [4.69, 9.17) is 16.3 Å². The largest absolute Gasteiger partial charge is 0.497 e. The maximum absolute atomic E-state index is 13.0. The Labute approximate surface area is 187 Å². The fourth-order valence-electron chi connectivity index (χ4n) is 2.65. The molecule has 1 heterocycles. The Morgan fingerprint density at radius 3 is 2.25 bits per heavy atom. The molecule has 0 aliphatic carbocycles. The number of rotatable bonds is 6. The van der Waals surface area contributed by atoms with Crippen molar-refractivity contribution < 1.29 is 26.3 Å². The summed E-state index contributed by atoms with van der Waals surface area (Å²) in [5.41, 5.74) is -0.0160. The molecular formula is C21H17ClF3N3O3S. The molecule has 0 radical (unpaired) electrons. The summed E-state index contributed by atoms with van der Waals surface area (Å²) in [5.74, 6) is 0.514. The number of alkyl halides is 3. The molecular weight excluding hydrogens is 467 g/mol. The van der Waals surface area contributed by atoms with E-state index >= 15 is 0 Å². The average Bonchev–Trinajstić information content (AvgIpc) is 2.74. The molecule has 0 aliphatic heterocycles. The van der Waals surface area contributed by atoms with E-state index in [-0.39, 0.29) is 21.3 Å². The van der Waals surface area contributed by atoms with E-state index in [0.29, 0.717) is 23.6 Å². The van der Waals surface area contributed by atoms with Crippen molar-refractivity contribution in [1.82, 2.24) is 9.82 Å². The number of pyridine rings is 1. The zero-order valence-corrected chi connectivity index (χ0v) is 18.4. The summed E-state index contributed by atoms with van der Waals surface area (Å²) in [4.78, 5) is 5.87.